The third-order valence-corrected chi connectivity index (χ3v) is 3.48. The molecule has 0 fully saturated rings. The van der Waals surface area contributed by atoms with Crippen molar-refractivity contribution >= 4 is 40.1 Å². The second-order valence-corrected chi connectivity index (χ2v) is 5.02. The molecule has 1 heterocycles. The zero-order valence-corrected chi connectivity index (χ0v) is 12.4. The van der Waals surface area contributed by atoms with Crippen molar-refractivity contribution in [2.45, 2.75) is 0 Å². The van der Waals surface area contributed by atoms with Crippen molar-refractivity contribution in [2.75, 3.05) is 5.43 Å². The molecule has 0 amide bonds. The number of nitro groups is 1. The van der Waals surface area contributed by atoms with Gasteiger partial charge in [-0.05, 0) is 6.07 Å². The van der Waals surface area contributed by atoms with Crippen molar-refractivity contribution in [3.8, 4) is 0 Å². The predicted octanol–water partition coefficient (Wildman–Crippen LogP) is 3.64. The number of hydrogen-bond acceptors (Lipinski definition) is 6. The van der Waals surface area contributed by atoms with Crippen molar-refractivity contribution in [2.24, 2.45) is 5.10 Å². The number of nitrogens with one attached hydrogen (secondary N) is 1. The molecule has 0 aliphatic heterocycles. The fraction of sp³-hybridized carbons (Fsp3) is 0. The Morgan fingerprint density at radius 1 is 1.26 bits per heavy atom. The topological polar surface area (TPSA) is 93.3 Å². The minimum absolute atomic E-state index is 0.0548. The van der Waals surface area contributed by atoms with E-state index in [1.165, 1.54) is 24.4 Å². The molecule has 0 saturated heterocycles. The summed E-state index contributed by atoms with van der Waals surface area (Å²) >= 11 is 6.01. The molecule has 8 heteroatoms. The Morgan fingerprint density at radius 3 is 2.91 bits per heavy atom. The number of hydrazone groups is 1. The maximum atomic E-state index is 10.8. The first-order valence-corrected chi connectivity index (χ1v) is 6.96. The van der Waals surface area contributed by atoms with E-state index in [9.17, 15) is 10.1 Å². The lowest BCUT2D eigenvalue weighted by molar-refractivity contribution is -0.384. The van der Waals surface area contributed by atoms with Gasteiger partial charge in [-0.25, -0.2) is 0 Å². The van der Waals surface area contributed by atoms with Crippen LogP contribution in [0.5, 0.6) is 0 Å². The van der Waals surface area contributed by atoms with Crippen molar-refractivity contribution < 1.29 is 4.92 Å². The molecule has 0 spiro atoms. The molecule has 0 radical (unpaired) electrons. The van der Waals surface area contributed by atoms with Crippen molar-refractivity contribution in [1.29, 1.82) is 0 Å². The first-order chi connectivity index (χ1) is 11.1. The molecule has 3 rings (SSSR count). The Kier molecular flexibility index (Phi) is 4.11. The number of halogens is 1. The number of non-ortho nitro benzene ring substituents is 1. The van der Waals surface area contributed by atoms with Gasteiger partial charge < -0.3 is 0 Å². The highest BCUT2D eigenvalue weighted by atomic mass is 35.5. The average molecular weight is 328 g/mol. The molecule has 7 nitrogen and oxygen atoms in total. The normalized spacial score (nSPS) is 11.0. The number of anilines is 1. The number of fused-ring (bicyclic) bond motifs is 1. The molecule has 0 unspecified atom stereocenters. The SMILES string of the molecule is O=[N+]([O-])c1ccc(Cl)c(/C=N\Nc2nncc3ccccc23)c1. The van der Waals surface area contributed by atoms with Gasteiger partial charge in [-0.3, -0.25) is 15.5 Å². The third-order valence-electron chi connectivity index (χ3n) is 3.13. The molecule has 23 heavy (non-hydrogen) atoms. The van der Waals surface area contributed by atoms with Gasteiger partial charge in [0.05, 0.1) is 17.3 Å². The summed E-state index contributed by atoms with van der Waals surface area (Å²) in [4.78, 5) is 10.3. The highest BCUT2D eigenvalue weighted by Crippen LogP contribution is 2.21. The third kappa shape index (κ3) is 3.24. The maximum Gasteiger partial charge on any atom is 0.270 e. The molecular formula is C15H10ClN5O2. The molecule has 0 atom stereocenters. The highest BCUT2D eigenvalue weighted by Gasteiger charge is 2.08. The molecule has 0 aliphatic rings. The van der Waals surface area contributed by atoms with E-state index in [2.05, 4.69) is 20.7 Å². The fourth-order valence-corrected chi connectivity index (χ4v) is 2.18. The van der Waals surface area contributed by atoms with Crippen LogP contribution in [0.25, 0.3) is 10.8 Å². The number of aromatic nitrogens is 2. The Bertz CT molecular complexity index is 908. The zero-order chi connectivity index (χ0) is 16.2. The van der Waals surface area contributed by atoms with Crippen molar-refractivity contribution in [1.82, 2.24) is 10.2 Å². The summed E-state index contributed by atoms with van der Waals surface area (Å²) in [7, 11) is 0. The predicted molar refractivity (Wildman–Crippen MR) is 88.9 cm³/mol. The molecule has 2 aromatic carbocycles. The van der Waals surface area contributed by atoms with Crippen molar-refractivity contribution in [3.05, 3.63) is 69.4 Å². The van der Waals surface area contributed by atoms with Gasteiger partial charge in [-0.1, -0.05) is 35.9 Å². The summed E-state index contributed by atoms with van der Waals surface area (Å²) < 4.78 is 0. The minimum atomic E-state index is -0.489. The number of nitro benzene ring substituents is 1. The lowest BCUT2D eigenvalue weighted by Crippen LogP contribution is -1.97. The van der Waals surface area contributed by atoms with Gasteiger partial charge in [0.15, 0.2) is 5.82 Å². The summed E-state index contributed by atoms with van der Waals surface area (Å²) in [6, 6.07) is 11.7. The fourth-order valence-electron chi connectivity index (χ4n) is 2.02. The van der Waals surface area contributed by atoms with Gasteiger partial charge in [-0.15, -0.1) is 5.10 Å². The van der Waals surface area contributed by atoms with Gasteiger partial charge in [0, 0.05) is 33.5 Å². The van der Waals surface area contributed by atoms with Gasteiger partial charge in [0.1, 0.15) is 0 Å². The summed E-state index contributed by atoms with van der Waals surface area (Å²) in [5.41, 5.74) is 3.16. The van der Waals surface area contributed by atoms with Crippen LogP contribution >= 0.6 is 11.6 Å². The van der Waals surface area contributed by atoms with Crippen LogP contribution in [0.4, 0.5) is 11.5 Å². The van der Waals surface area contributed by atoms with Crippen molar-refractivity contribution in [3.63, 3.8) is 0 Å². The Hall–Kier alpha value is -3.06. The Balaban J connectivity index is 1.86. The lowest BCUT2D eigenvalue weighted by Gasteiger charge is -2.03. The zero-order valence-electron chi connectivity index (χ0n) is 11.7. The van der Waals surface area contributed by atoms with Crippen LogP contribution in [0.1, 0.15) is 5.56 Å². The van der Waals surface area contributed by atoms with E-state index < -0.39 is 4.92 Å². The van der Waals surface area contributed by atoms with Gasteiger partial charge in [-0.2, -0.15) is 10.2 Å². The van der Waals surface area contributed by atoms with Gasteiger partial charge in [0.25, 0.3) is 5.69 Å². The van der Waals surface area contributed by atoms with Gasteiger partial charge >= 0.3 is 0 Å². The van der Waals surface area contributed by atoms with Crippen LogP contribution in [0, 0.1) is 10.1 Å². The van der Waals surface area contributed by atoms with Crippen LogP contribution in [-0.2, 0) is 0 Å². The number of rotatable bonds is 4. The molecular weight excluding hydrogens is 318 g/mol. The van der Waals surface area contributed by atoms with Crippen LogP contribution in [0.15, 0.2) is 53.8 Å². The standard InChI is InChI=1S/C15H10ClN5O2/c16-14-6-5-12(21(22)23)7-11(14)9-18-20-15-13-4-2-1-3-10(13)8-17-19-15/h1-9H,(H,19,20)/b18-9-. The number of nitrogens with zero attached hydrogens (tertiary/aromatic N) is 4. The van der Waals surface area contributed by atoms with E-state index in [0.29, 0.717) is 16.4 Å². The monoisotopic (exact) mass is 327 g/mol. The highest BCUT2D eigenvalue weighted by molar-refractivity contribution is 6.33. The van der Waals surface area contributed by atoms with Crippen LogP contribution in [-0.4, -0.2) is 21.3 Å². The Morgan fingerprint density at radius 2 is 2.09 bits per heavy atom. The van der Waals surface area contributed by atoms with E-state index >= 15 is 0 Å². The number of hydrogen-bond donors (Lipinski definition) is 1. The summed E-state index contributed by atoms with van der Waals surface area (Å²) in [6.07, 6.45) is 3.06. The smallest absolute Gasteiger partial charge is 0.259 e. The van der Waals surface area contributed by atoms with Crippen LogP contribution in [0.2, 0.25) is 5.02 Å². The van der Waals surface area contributed by atoms with E-state index in [1.54, 1.807) is 6.20 Å². The maximum absolute atomic E-state index is 10.8. The minimum Gasteiger partial charge on any atom is -0.259 e. The van der Waals surface area contributed by atoms with E-state index in [1.807, 2.05) is 24.3 Å². The molecule has 114 valence electrons. The number of benzene rings is 2. The quantitative estimate of drug-likeness (QED) is 0.448. The molecule has 0 aliphatic carbocycles. The molecule has 1 aromatic heterocycles. The summed E-state index contributed by atoms with van der Waals surface area (Å²) in [6.45, 7) is 0. The molecule has 1 N–H and O–H groups in total. The lowest BCUT2D eigenvalue weighted by atomic mass is 10.2. The largest absolute Gasteiger partial charge is 0.270 e. The first kappa shape index (κ1) is 14.9. The second kappa shape index (κ2) is 6.37. The molecule has 0 saturated carbocycles. The van der Waals surface area contributed by atoms with E-state index in [4.69, 9.17) is 11.6 Å². The molecule has 3 aromatic rings. The van der Waals surface area contributed by atoms with Gasteiger partial charge in [0.2, 0.25) is 0 Å². The van der Waals surface area contributed by atoms with Crippen LogP contribution < -0.4 is 5.43 Å². The van der Waals surface area contributed by atoms with E-state index in [0.717, 1.165) is 10.8 Å². The first-order valence-electron chi connectivity index (χ1n) is 6.58. The average Bonchev–Trinajstić information content (AvgIpc) is 2.56. The second-order valence-electron chi connectivity index (χ2n) is 4.61. The Labute approximate surface area is 135 Å². The summed E-state index contributed by atoms with van der Waals surface area (Å²) in [5.74, 6) is 0.487. The molecule has 0 bridgehead atoms. The van der Waals surface area contributed by atoms with E-state index in [-0.39, 0.29) is 5.69 Å². The van der Waals surface area contributed by atoms with Crippen LogP contribution in [0.3, 0.4) is 0 Å². The summed E-state index contributed by atoms with van der Waals surface area (Å²) in [5, 5.41) is 24.9.